The standard InChI is InChI=1S/C18H17BrN2O2/c1-11-3-8-16(12(2)9-11)21-17(22)10-15(18(21)23)20-14-6-4-13(19)5-7-14/h3-9,15,20H,10H2,1-2H3. The molecule has 1 saturated heterocycles. The lowest BCUT2D eigenvalue weighted by Gasteiger charge is -2.18. The largest absolute Gasteiger partial charge is 0.373 e. The van der Waals surface area contributed by atoms with Crippen LogP contribution < -0.4 is 10.2 Å². The molecule has 1 N–H and O–H groups in total. The molecule has 2 aromatic carbocycles. The summed E-state index contributed by atoms with van der Waals surface area (Å²) in [7, 11) is 0. The Bertz CT molecular complexity index is 771. The Morgan fingerprint density at radius 2 is 1.78 bits per heavy atom. The molecule has 0 aliphatic carbocycles. The van der Waals surface area contributed by atoms with Crippen LogP contribution in [-0.2, 0) is 9.59 Å². The van der Waals surface area contributed by atoms with Gasteiger partial charge in [0.2, 0.25) is 5.91 Å². The average molecular weight is 373 g/mol. The van der Waals surface area contributed by atoms with Crippen LogP contribution in [0.1, 0.15) is 17.5 Å². The van der Waals surface area contributed by atoms with Gasteiger partial charge in [0.15, 0.2) is 0 Å². The number of carbonyl (C=O) groups excluding carboxylic acids is 2. The van der Waals surface area contributed by atoms with Crippen molar-refractivity contribution in [2.75, 3.05) is 10.2 Å². The second kappa shape index (κ2) is 6.16. The summed E-state index contributed by atoms with van der Waals surface area (Å²) in [5, 5.41) is 3.15. The predicted molar refractivity (Wildman–Crippen MR) is 94.6 cm³/mol. The Morgan fingerprint density at radius 3 is 2.43 bits per heavy atom. The van der Waals surface area contributed by atoms with E-state index < -0.39 is 6.04 Å². The first-order chi connectivity index (χ1) is 11.0. The molecular weight excluding hydrogens is 356 g/mol. The first kappa shape index (κ1) is 15.7. The monoisotopic (exact) mass is 372 g/mol. The summed E-state index contributed by atoms with van der Waals surface area (Å²) >= 11 is 3.38. The summed E-state index contributed by atoms with van der Waals surface area (Å²) in [6.07, 6.45) is 0.169. The highest BCUT2D eigenvalue weighted by molar-refractivity contribution is 9.10. The van der Waals surface area contributed by atoms with Gasteiger partial charge in [-0.25, -0.2) is 4.90 Å². The number of carbonyl (C=O) groups is 2. The van der Waals surface area contributed by atoms with Gasteiger partial charge >= 0.3 is 0 Å². The molecule has 1 aliphatic heterocycles. The van der Waals surface area contributed by atoms with Crippen molar-refractivity contribution in [1.82, 2.24) is 0 Å². The number of hydrogen-bond acceptors (Lipinski definition) is 3. The van der Waals surface area contributed by atoms with E-state index in [1.165, 1.54) is 4.90 Å². The van der Waals surface area contributed by atoms with E-state index in [-0.39, 0.29) is 18.2 Å². The quantitative estimate of drug-likeness (QED) is 0.833. The van der Waals surface area contributed by atoms with Crippen molar-refractivity contribution in [2.24, 2.45) is 0 Å². The third kappa shape index (κ3) is 3.15. The lowest BCUT2D eigenvalue weighted by atomic mass is 10.1. The minimum absolute atomic E-state index is 0.169. The van der Waals surface area contributed by atoms with Gasteiger partial charge < -0.3 is 5.32 Å². The predicted octanol–water partition coefficient (Wildman–Crippen LogP) is 3.81. The lowest BCUT2D eigenvalue weighted by molar-refractivity contribution is -0.121. The molecule has 23 heavy (non-hydrogen) atoms. The molecule has 2 amide bonds. The third-order valence-electron chi connectivity index (χ3n) is 3.92. The molecule has 0 saturated carbocycles. The Morgan fingerprint density at radius 1 is 1.09 bits per heavy atom. The van der Waals surface area contributed by atoms with E-state index in [1.807, 2.05) is 56.3 Å². The molecule has 4 nitrogen and oxygen atoms in total. The van der Waals surface area contributed by atoms with Crippen LogP contribution >= 0.6 is 15.9 Å². The molecule has 1 fully saturated rings. The van der Waals surface area contributed by atoms with Crippen LogP contribution in [0.4, 0.5) is 11.4 Å². The number of aryl methyl sites for hydroxylation is 2. The second-order valence-electron chi connectivity index (χ2n) is 5.77. The Labute approximate surface area is 143 Å². The van der Waals surface area contributed by atoms with Gasteiger partial charge in [0.25, 0.3) is 5.91 Å². The second-order valence-corrected chi connectivity index (χ2v) is 6.68. The van der Waals surface area contributed by atoms with Gasteiger partial charge in [-0.3, -0.25) is 9.59 Å². The lowest BCUT2D eigenvalue weighted by Crippen LogP contribution is -2.35. The summed E-state index contributed by atoms with van der Waals surface area (Å²) < 4.78 is 0.966. The van der Waals surface area contributed by atoms with Crippen LogP contribution in [0.15, 0.2) is 46.9 Å². The van der Waals surface area contributed by atoms with Gasteiger partial charge in [0.1, 0.15) is 6.04 Å². The zero-order valence-electron chi connectivity index (χ0n) is 13.0. The van der Waals surface area contributed by atoms with E-state index in [0.29, 0.717) is 5.69 Å². The molecule has 1 atom stereocenters. The summed E-state index contributed by atoms with van der Waals surface area (Å²) in [6, 6.07) is 12.7. The van der Waals surface area contributed by atoms with Gasteiger partial charge in [-0.15, -0.1) is 0 Å². The first-order valence-electron chi connectivity index (χ1n) is 7.42. The van der Waals surface area contributed by atoms with E-state index in [9.17, 15) is 9.59 Å². The average Bonchev–Trinajstić information content (AvgIpc) is 2.77. The van der Waals surface area contributed by atoms with Crippen molar-refractivity contribution < 1.29 is 9.59 Å². The zero-order valence-corrected chi connectivity index (χ0v) is 14.6. The van der Waals surface area contributed by atoms with Crippen LogP contribution in [0.5, 0.6) is 0 Å². The molecule has 5 heteroatoms. The molecule has 1 unspecified atom stereocenters. The minimum Gasteiger partial charge on any atom is -0.373 e. The SMILES string of the molecule is Cc1ccc(N2C(=O)CC(Nc3ccc(Br)cc3)C2=O)c(C)c1. The number of imide groups is 1. The van der Waals surface area contributed by atoms with Gasteiger partial charge in [-0.05, 0) is 49.7 Å². The summed E-state index contributed by atoms with van der Waals surface area (Å²) in [6.45, 7) is 3.90. The number of hydrogen-bond donors (Lipinski definition) is 1. The van der Waals surface area contributed by atoms with Crippen LogP contribution in [0.2, 0.25) is 0 Å². The van der Waals surface area contributed by atoms with E-state index >= 15 is 0 Å². The molecule has 0 spiro atoms. The molecule has 0 radical (unpaired) electrons. The fourth-order valence-corrected chi connectivity index (χ4v) is 3.07. The molecule has 3 rings (SSSR count). The van der Waals surface area contributed by atoms with Crippen LogP contribution in [0.3, 0.4) is 0 Å². The fraction of sp³-hybridized carbons (Fsp3) is 0.222. The van der Waals surface area contributed by atoms with Gasteiger partial charge in [0.05, 0.1) is 12.1 Å². The highest BCUT2D eigenvalue weighted by Gasteiger charge is 2.40. The Balaban J connectivity index is 1.83. The maximum atomic E-state index is 12.7. The number of anilines is 2. The Hall–Kier alpha value is -2.14. The molecule has 1 aliphatic rings. The maximum absolute atomic E-state index is 12.7. The van der Waals surface area contributed by atoms with Crippen molar-refractivity contribution in [3.05, 3.63) is 58.1 Å². The van der Waals surface area contributed by atoms with Gasteiger partial charge in [-0.2, -0.15) is 0 Å². The molecule has 0 aromatic heterocycles. The topological polar surface area (TPSA) is 49.4 Å². The first-order valence-corrected chi connectivity index (χ1v) is 8.21. The van der Waals surface area contributed by atoms with E-state index in [4.69, 9.17) is 0 Å². The minimum atomic E-state index is -0.524. The van der Waals surface area contributed by atoms with Crippen molar-refractivity contribution in [2.45, 2.75) is 26.3 Å². The normalized spacial score (nSPS) is 17.7. The van der Waals surface area contributed by atoms with Crippen molar-refractivity contribution >= 4 is 39.1 Å². The number of halogens is 1. The zero-order chi connectivity index (χ0) is 16.6. The summed E-state index contributed by atoms with van der Waals surface area (Å²) in [5.41, 5.74) is 3.53. The summed E-state index contributed by atoms with van der Waals surface area (Å²) in [4.78, 5) is 26.3. The maximum Gasteiger partial charge on any atom is 0.256 e. The van der Waals surface area contributed by atoms with Gasteiger partial charge in [-0.1, -0.05) is 33.6 Å². The number of rotatable bonds is 3. The van der Waals surface area contributed by atoms with Crippen molar-refractivity contribution in [1.29, 1.82) is 0 Å². The molecule has 118 valence electrons. The van der Waals surface area contributed by atoms with Crippen LogP contribution in [0, 0.1) is 13.8 Å². The summed E-state index contributed by atoms with van der Waals surface area (Å²) in [5.74, 6) is -0.374. The number of benzene rings is 2. The highest BCUT2D eigenvalue weighted by Crippen LogP contribution is 2.28. The number of amides is 2. The molecule has 1 heterocycles. The van der Waals surface area contributed by atoms with Crippen LogP contribution in [0.25, 0.3) is 0 Å². The smallest absolute Gasteiger partial charge is 0.256 e. The third-order valence-corrected chi connectivity index (χ3v) is 4.45. The van der Waals surface area contributed by atoms with E-state index in [2.05, 4.69) is 21.2 Å². The van der Waals surface area contributed by atoms with Crippen molar-refractivity contribution in [3.63, 3.8) is 0 Å². The fourth-order valence-electron chi connectivity index (χ4n) is 2.80. The number of nitrogens with one attached hydrogen (secondary N) is 1. The molecule has 0 bridgehead atoms. The van der Waals surface area contributed by atoms with E-state index in [1.54, 1.807) is 0 Å². The van der Waals surface area contributed by atoms with Crippen molar-refractivity contribution in [3.8, 4) is 0 Å². The van der Waals surface area contributed by atoms with Gasteiger partial charge in [0, 0.05) is 10.2 Å². The van der Waals surface area contributed by atoms with E-state index in [0.717, 1.165) is 21.3 Å². The van der Waals surface area contributed by atoms with Crippen LogP contribution in [-0.4, -0.2) is 17.9 Å². The highest BCUT2D eigenvalue weighted by atomic mass is 79.9. The number of nitrogens with zero attached hydrogens (tertiary/aromatic N) is 1. The Kier molecular flexibility index (Phi) is 4.22. The molecular formula is C18H17BrN2O2. The molecule has 2 aromatic rings.